The molecule has 2 heteroatoms. The van der Waals surface area contributed by atoms with Gasteiger partial charge in [0.1, 0.15) is 0 Å². The minimum atomic E-state index is -0.677. The second-order valence-corrected chi connectivity index (χ2v) is 8.80. The van der Waals surface area contributed by atoms with E-state index < -0.39 is 6.40 Å². The molecule has 0 rings (SSSR count). The van der Waals surface area contributed by atoms with Crippen molar-refractivity contribution in [3.8, 4) is 0 Å². The van der Waals surface area contributed by atoms with Crippen LogP contribution in [0, 0.1) is 0 Å². The molecule has 8 heavy (non-hydrogen) atoms. The van der Waals surface area contributed by atoms with Gasteiger partial charge in [-0.05, 0) is 0 Å². The molecule has 0 aromatic rings. The van der Waals surface area contributed by atoms with E-state index in [-0.39, 0.29) is 0 Å². The molecule has 0 aromatic heterocycles. The van der Waals surface area contributed by atoms with Crippen molar-refractivity contribution >= 4 is 23.4 Å². The SMILES string of the molecule is [Li][Si](C)(CC)CCC. The quantitative estimate of drug-likeness (QED) is 0.503. The van der Waals surface area contributed by atoms with Crippen molar-refractivity contribution in [2.24, 2.45) is 0 Å². The summed E-state index contributed by atoms with van der Waals surface area (Å²) >= 11 is 2.47. The molecule has 0 saturated heterocycles. The zero-order valence-electron chi connectivity index (χ0n) is 6.62. The third kappa shape index (κ3) is 3.77. The molecule has 0 aliphatic heterocycles. The van der Waals surface area contributed by atoms with Gasteiger partial charge in [0.15, 0.2) is 0 Å². The Morgan fingerprint density at radius 2 is 1.88 bits per heavy atom. The molecule has 0 aliphatic carbocycles. The topological polar surface area (TPSA) is 0 Å². The number of rotatable bonds is 3. The van der Waals surface area contributed by atoms with Crippen LogP contribution in [-0.4, -0.2) is 23.4 Å². The first-order valence-electron chi connectivity index (χ1n) is 3.62. The van der Waals surface area contributed by atoms with E-state index in [0.29, 0.717) is 0 Å². The molecule has 1 atom stereocenters. The van der Waals surface area contributed by atoms with Crippen molar-refractivity contribution in [3.05, 3.63) is 0 Å². The Morgan fingerprint density at radius 3 is 2.00 bits per heavy atom. The molecule has 0 radical (unpaired) electrons. The molecule has 0 N–H and O–H groups in total. The zero-order valence-corrected chi connectivity index (χ0v) is 7.62. The summed E-state index contributed by atoms with van der Waals surface area (Å²) in [5.74, 6) is 0. The summed E-state index contributed by atoms with van der Waals surface area (Å²) < 4.78 is 0. The maximum absolute atomic E-state index is 2.47. The Kier molecular flexibility index (Phi) is 4.15. The van der Waals surface area contributed by atoms with Gasteiger partial charge in [0.25, 0.3) is 0 Å². The predicted octanol–water partition coefficient (Wildman–Crippen LogP) is 2.16. The van der Waals surface area contributed by atoms with Gasteiger partial charge < -0.3 is 0 Å². The average molecular weight is 122 g/mol. The van der Waals surface area contributed by atoms with Gasteiger partial charge in [-0.15, -0.1) is 0 Å². The van der Waals surface area contributed by atoms with Crippen LogP contribution in [0.25, 0.3) is 0 Å². The first-order chi connectivity index (χ1) is 3.62. The standard InChI is InChI=1S/C6H15Si.Li/c1-4-6-7(3)5-2;/h4-6H2,1-3H3;. The Balaban J connectivity index is 3.37. The summed E-state index contributed by atoms with van der Waals surface area (Å²) in [6, 6.07) is 2.95. The Bertz CT molecular complexity index is 61.5. The van der Waals surface area contributed by atoms with Crippen LogP contribution in [0.15, 0.2) is 0 Å². The third-order valence-corrected chi connectivity index (χ3v) is 5.65. The molecule has 1 unspecified atom stereocenters. The van der Waals surface area contributed by atoms with Crippen LogP contribution < -0.4 is 0 Å². The van der Waals surface area contributed by atoms with Gasteiger partial charge in [0, 0.05) is 0 Å². The van der Waals surface area contributed by atoms with Crippen molar-refractivity contribution in [2.75, 3.05) is 0 Å². The maximum atomic E-state index is 2.47. The Labute approximate surface area is 62.6 Å². The van der Waals surface area contributed by atoms with Crippen LogP contribution in [-0.2, 0) is 0 Å². The van der Waals surface area contributed by atoms with Gasteiger partial charge in [-0.3, -0.25) is 0 Å². The molecule has 0 saturated carbocycles. The van der Waals surface area contributed by atoms with Crippen molar-refractivity contribution in [1.82, 2.24) is 0 Å². The molecular formula is C6H15LiSi. The van der Waals surface area contributed by atoms with E-state index in [4.69, 9.17) is 0 Å². The summed E-state index contributed by atoms with van der Waals surface area (Å²) in [6.07, 6.45) is 0.705. The molecule has 0 amide bonds. The molecule has 0 nitrogen and oxygen atoms in total. The van der Waals surface area contributed by atoms with E-state index in [0.717, 1.165) is 0 Å². The molecule has 0 heterocycles. The summed E-state index contributed by atoms with van der Waals surface area (Å²) in [6.45, 7) is 7.07. The number of hydrogen-bond acceptors (Lipinski definition) is 0. The fraction of sp³-hybridized carbons (Fsp3) is 1.00. The first-order valence-corrected chi connectivity index (χ1v) is 7.04. The summed E-state index contributed by atoms with van der Waals surface area (Å²) in [7, 11) is 0. The van der Waals surface area contributed by atoms with Gasteiger partial charge in [0.05, 0.1) is 0 Å². The summed E-state index contributed by atoms with van der Waals surface area (Å²) in [4.78, 5) is 0. The van der Waals surface area contributed by atoms with Gasteiger partial charge in [0.2, 0.25) is 0 Å². The van der Waals surface area contributed by atoms with Crippen LogP contribution in [0.3, 0.4) is 0 Å². The molecule has 0 aromatic carbocycles. The Morgan fingerprint density at radius 1 is 1.38 bits per heavy atom. The van der Waals surface area contributed by atoms with Crippen LogP contribution in [0.4, 0.5) is 0 Å². The van der Waals surface area contributed by atoms with E-state index in [9.17, 15) is 0 Å². The zero-order chi connectivity index (χ0) is 6.62. The normalized spacial score (nSPS) is 18.1. The second-order valence-electron chi connectivity index (χ2n) is 3.27. The average Bonchev–Trinajstić information content (AvgIpc) is 1.67. The van der Waals surface area contributed by atoms with E-state index in [1.165, 1.54) is 18.5 Å². The van der Waals surface area contributed by atoms with E-state index in [2.05, 4.69) is 37.4 Å². The van der Waals surface area contributed by atoms with E-state index in [1.807, 2.05) is 0 Å². The van der Waals surface area contributed by atoms with Gasteiger partial charge in [-0.2, -0.15) is 0 Å². The van der Waals surface area contributed by atoms with Crippen LogP contribution in [0.5, 0.6) is 0 Å². The van der Waals surface area contributed by atoms with Gasteiger partial charge in [-0.1, -0.05) is 0 Å². The molecular weight excluding hydrogens is 107 g/mol. The monoisotopic (exact) mass is 122 g/mol. The molecule has 0 aliphatic rings. The van der Waals surface area contributed by atoms with Crippen molar-refractivity contribution in [1.29, 1.82) is 0 Å². The first kappa shape index (κ1) is 8.81. The van der Waals surface area contributed by atoms with Crippen molar-refractivity contribution in [3.63, 3.8) is 0 Å². The van der Waals surface area contributed by atoms with Crippen LogP contribution >= 0.6 is 0 Å². The molecule has 0 spiro atoms. The molecule has 0 fully saturated rings. The fourth-order valence-corrected chi connectivity index (χ4v) is 2.56. The fourth-order valence-electron chi connectivity index (χ4n) is 0.854. The number of hydrogen-bond donors (Lipinski definition) is 0. The molecule has 0 bridgehead atoms. The van der Waals surface area contributed by atoms with Gasteiger partial charge in [-0.25, -0.2) is 0 Å². The van der Waals surface area contributed by atoms with E-state index in [1.54, 1.807) is 0 Å². The summed E-state index contributed by atoms with van der Waals surface area (Å²) in [5.41, 5.74) is 0. The van der Waals surface area contributed by atoms with Crippen molar-refractivity contribution in [2.45, 2.75) is 38.9 Å². The van der Waals surface area contributed by atoms with Gasteiger partial charge >= 0.3 is 62.3 Å². The Hall–Kier alpha value is 0.814. The van der Waals surface area contributed by atoms with Crippen LogP contribution in [0.1, 0.15) is 20.3 Å². The second kappa shape index (κ2) is 3.77. The third-order valence-electron chi connectivity index (χ3n) is 1.88. The van der Waals surface area contributed by atoms with Crippen LogP contribution in [0.2, 0.25) is 18.6 Å². The predicted molar refractivity (Wildman–Crippen MR) is 43.0 cm³/mol. The van der Waals surface area contributed by atoms with E-state index >= 15 is 0 Å². The van der Waals surface area contributed by atoms with Crippen molar-refractivity contribution < 1.29 is 0 Å². The molecule has 44 valence electrons. The minimum absolute atomic E-state index is 0.677. The summed E-state index contributed by atoms with van der Waals surface area (Å²) in [5, 5.41) is 0.